The second kappa shape index (κ2) is 9.43. The minimum atomic E-state index is -1.73. The third kappa shape index (κ3) is 5.61. The Morgan fingerprint density at radius 3 is 2.21 bits per heavy atom. The highest BCUT2D eigenvalue weighted by atomic mass is 35.5. The molecule has 0 aliphatic rings. The zero-order valence-electron chi connectivity index (χ0n) is 13.9. The summed E-state index contributed by atoms with van der Waals surface area (Å²) in [5.74, 6) is -6.94. The molecule has 148 valence electrons. The number of rotatable bonds is 6. The molecular formula is C17H12Cl2F3N3O3. The number of benzene rings is 2. The average molecular weight is 434 g/mol. The molecule has 11 heteroatoms. The van der Waals surface area contributed by atoms with Crippen LogP contribution < -0.4 is 16.0 Å². The van der Waals surface area contributed by atoms with Crippen LogP contribution in [0.4, 0.5) is 18.9 Å². The van der Waals surface area contributed by atoms with E-state index in [1.54, 1.807) is 0 Å². The molecule has 0 spiro atoms. The van der Waals surface area contributed by atoms with E-state index >= 15 is 0 Å². The third-order valence-electron chi connectivity index (χ3n) is 3.34. The molecule has 0 bridgehead atoms. The van der Waals surface area contributed by atoms with Crippen LogP contribution in [0.1, 0.15) is 10.4 Å². The number of amides is 3. The fourth-order valence-electron chi connectivity index (χ4n) is 1.99. The van der Waals surface area contributed by atoms with Crippen LogP contribution in [0.3, 0.4) is 0 Å². The quantitative estimate of drug-likeness (QED) is 0.612. The van der Waals surface area contributed by atoms with Crippen molar-refractivity contribution in [2.45, 2.75) is 0 Å². The Hall–Kier alpha value is -2.78. The Morgan fingerprint density at radius 1 is 0.857 bits per heavy atom. The topological polar surface area (TPSA) is 87.3 Å². The molecule has 2 aromatic rings. The lowest BCUT2D eigenvalue weighted by Gasteiger charge is -2.09. The lowest BCUT2D eigenvalue weighted by atomic mass is 10.2. The van der Waals surface area contributed by atoms with Gasteiger partial charge in [0.25, 0.3) is 5.91 Å². The Balaban J connectivity index is 1.81. The first kappa shape index (κ1) is 21.5. The molecular weight excluding hydrogens is 422 g/mol. The van der Waals surface area contributed by atoms with Crippen LogP contribution in [0.2, 0.25) is 10.0 Å². The van der Waals surface area contributed by atoms with E-state index in [1.165, 1.54) is 18.2 Å². The van der Waals surface area contributed by atoms with Crippen LogP contribution in [-0.4, -0.2) is 30.8 Å². The summed E-state index contributed by atoms with van der Waals surface area (Å²) in [7, 11) is 0. The second-order valence-electron chi connectivity index (χ2n) is 5.35. The smallest absolute Gasteiger partial charge is 0.253 e. The molecule has 6 nitrogen and oxygen atoms in total. The fourth-order valence-corrected chi connectivity index (χ4v) is 2.48. The van der Waals surface area contributed by atoms with Crippen LogP contribution in [-0.2, 0) is 9.59 Å². The van der Waals surface area contributed by atoms with Crippen molar-refractivity contribution in [1.29, 1.82) is 0 Å². The van der Waals surface area contributed by atoms with Gasteiger partial charge in [0.05, 0.1) is 29.4 Å². The van der Waals surface area contributed by atoms with E-state index in [0.29, 0.717) is 11.1 Å². The van der Waals surface area contributed by atoms with E-state index in [2.05, 4.69) is 10.6 Å². The Kier molecular flexibility index (Phi) is 7.24. The van der Waals surface area contributed by atoms with Gasteiger partial charge in [0.2, 0.25) is 11.8 Å². The van der Waals surface area contributed by atoms with Gasteiger partial charge in [-0.2, -0.15) is 0 Å². The average Bonchev–Trinajstić information content (AvgIpc) is 2.65. The summed E-state index contributed by atoms with van der Waals surface area (Å²) in [5.41, 5.74) is -0.478. The van der Waals surface area contributed by atoms with Gasteiger partial charge in [-0.05, 0) is 30.3 Å². The maximum atomic E-state index is 13.5. The molecule has 0 unspecified atom stereocenters. The first-order chi connectivity index (χ1) is 13.2. The van der Waals surface area contributed by atoms with Gasteiger partial charge < -0.3 is 16.0 Å². The number of carbonyl (C=O) groups is 3. The fraction of sp³-hybridized carbons (Fsp3) is 0.118. The maximum Gasteiger partial charge on any atom is 0.253 e. The first-order valence-corrected chi connectivity index (χ1v) is 8.38. The molecule has 28 heavy (non-hydrogen) atoms. The van der Waals surface area contributed by atoms with Crippen molar-refractivity contribution in [3.05, 3.63) is 63.4 Å². The molecule has 0 aromatic heterocycles. The summed E-state index contributed by atoms with van der Waals surface area (Å²) in [4.78, 5) is 35.3. The molecule has 0 saturated carbocycles. The highest BCUT2D eigenvalue weighted by Gasteiger charge is 2.16. The zero-order valence-corrected chi connectivity index (χ0v) is 15.4. The SMILES string of the molecule is O=C(CNC(=O)c1ccc(Cl)cc1Cl)NCC(=O)Nc1ccc(F)c(F)c1F. The zero-order chi connectivity index (χ0) is 20.8. The van der Waals surface area contributed by atoms with Gasteiger partial charge in [-0.25, -0.2) is 13.2 Å². The molecule has 2 aromatic carbocycles. The van der Waals surface area contributed by atoms with E-state index in [4.69, 9.17) is 23.2 Å². The summed E-state index contributed by atoms with van der Waals surface area (Å²) in [5, 5.41) is 6.88. The van der Waals surface area contributed by atoms with Gasteiger partial charge in [0.1, 0.15) is 0 Å². The van der Waals surface area contributed by atoms with Gasteiger partial charge >= 0.3 is 0 Å². The van der Waals surface area contributed by atoms with Crippen LogP contribution in [0.25, 0.3) is 0 Å². The summed E-state index contributed by atoms with van der Waals surface area (Å²) >= 11 is 11.6. The highest BCUT2D eigenvalue weighted by molar-refractivity contribution is 6.36. The first-order valence-electron chi connectivity index (χ1n) is 7.62. The Bertz CT molecular complexity index is 941. The van der Waals surface area contributed by atoms with Gasteiger partial charge in [-0.15, -0.1) is 0 Å². The van der Waals surface area contributed by atoms with E-state index in [-0.39, 0.29) is 10.6 Å². The Labute approximate surface area is 167 Å². The molecule has 3 N–H and O–H groups in total. The summed E-state index contributed by atoms with van der Waals surface area (Å²) in [6.45, 7) is -1.06. The second-order valence-corrected chi connectivity index (χ2v) is 6.20. The van der Waals surface area contributed by atoms with Crippen molar-refractivity contribution >= 4 is 46.6 Å². The summed E-state index contributed by atoms with van der Waals surface area (Å²) in [6.07, 6.45) is 0. The van der Waals surface area contributed by atoms with Crippen molar-refractivity contribution in [3.63, 3.8) is 0 Å². The van der Waals surface area contributed by atoms with Gasteiger partial charge in [0, 0.05) is 5.02 Å². The van der Waals surface area contributed by atoms with E-state index < -0.39 is 54.0 Å². The molecule has 3 amide bonds. The molecule has 2 rings (SSSR count). The van der Waals surface area contributed by atoms with E-state index in [0.717, 1.165) is 6.07 Å². The molecule has 0 heterocycles. The number of anilines is 1. The van der Waals surface area contributed by atoms with Crippen molar-refractivity contribution in [1.82, 2.24) is 10.6 Å². The van der Waals surface area contributed by atoms with Crippen molar-refractivity contribution in [3.8, 4) is 0 Å². The Morgan fingerprint density at radius 2 is 1.54 bits per heavy atom. The monoisotopic (exact) mass is 433 g/mol. The highest BCUT2D eigenvalue weighted by Crippen LogP contribution is 2.21. The van der Waals surface area contributed by atoms with E-state index in [9.17, 15) is 27.6 Å². The molecule has 0 fully saturated rings. The van der Waals surface area contributed by atoms with Crippen molar-refractivity contribution < 1.29 is 27.6 Å². The minimum Gasteiger partial charge on any atom is -0.345 e. The molecule has 0 aliphatic heterocycles. The van der Waals surface area contributed by atoms with Crippen molar-refractivity contribution in [2.75, 3.05) is 18.4 Å². The number of carbonyl (C=O) groups excluding carboxylic acids is 3. The normalized spacial score (nSPS) is 10.3. The largest absolute Gasteiger partial charge is 0.345 e. The summed E-state index contributed by atoms with van der Waals surface area (Å²) < 4.78 is 39.4. The third-order valence-corrected chi connectivity index (χ3v) is 3.89. The van der Waals surface area contributed by atoms with Gasteiger partial charge in [-0.3, -0.25) is 14.4 Å². The lowest BCUT2D eigenvalue weighted by molar-refractivity contribution is -0.123. The van der Waals surface area contributed by atoms with Crippen LogP contribution in [0, 0.1) is 17.5 Å². The molecule has 0 atom stereocenters. The van der Waals surface area contributed by atoms with Crippen LogP contribution >= 0.6 is 23.2 Å². The van der Waals surface area contributed by atoms with Gasteiger partial charge in [0.15, 0.2) is 17.5 Å². The standard InChI is InChI=1S/C17H12Cl2F3N3O3/c18-8-1-2-9(10(19)5-8)17(28)24-6-13(26)23-7-14(27)25-12-4-3-11(20)15(21)16(12)22/h1-5H,6-7H2,(H,23,26)(H,24,28)(H,25,27). The molecule has 0 aliphatic carbocycles. The lowest BCUT2D eigenvalue weighted by Crippen LogP contribution is -2.40. The molecule has 0 radical (unpaired) electrons. The predicted molar refractivity (Wildman–Crippen MR) is 96.8 cm³/mol. The van der Waals surface area contributed by atoms with Crippen molar-refractivity contribution in [2.24, 2.45) is 0 Å². The summed E-state index contributed by atoms with van der Waals surface area (Å²) in [6, 6.07) is 5.67. The predicted octanol–water partition coefficient (Wildman–Crippen LogP) is 2.90. The number of halogens is 5. The molecule has 0 saturated heterocycles. The number of hydrogen-bond donors (Lipinski definition) is 3. The number of nitrogens with one attached hydrogen (secondary N) is 3. The van der Waals surface area contributed by atoms with E-state index in [1.807, 2.05) is 5.32 Å². The number of hydrogen-bond acceptors (Lipinski definition) is 3. The maximum absolute atomic E-state index is 13.5. The minimum absolute atomic E-state index is 0.0957. The van der Waals surface area contributed by atoms with Crippen LogP contribution in [0.5, 0.6) is 0 Å². The van der Waals surface area contributed by atoms with Crippen LogP contribution in [0.15, 0.2) is 30.3 Å². The van der Waals surface area contributed by atoms with Gasteiger partial charge in [-0.1, -0.05) is 23.2 Å².